The molecule has 1 unspecified atom stereocenters. The zero-order valence-electron chi connectivity index (χ0n) is 8.23. The lowest BCUT2D eigenvalue weighted by molar-refractivity contribution is 0.0357. The summed E-state index contributed by atoms with van der Waals surface area (Å²) in [6.45, 7) is 1.58. The predicted octanol–water partition coefficient (Wildman–Crippen LogP) is 1.09. The SMILES string of the molecule is NCCCOCC(O)c1ccccc1. The molecule has 0 fully saturated rings. The number of aliphatic hydroxyl groups is 1. The fraction of sp³-hybridized carbons (Fsp3) is 0.455. The first-order valence-electron chi connectivity index (χ1n) is 4.85. The molecule has 78 valence electrons. The first-order chi connectivity index (χ1) is 6.84. The Balaban J connectivity index is 2.25. The van der Waals surface area contributed by atoms with Crippen molar-refractivity contribution in [3.8, 4) is 0 Å². The second-order valence-corrected chi connectivity index (χ2v) is 3.14. The van der Waals surface area contributed by atoms with Crippen molar-refractivity contribution in [2.45, 2.75) is 12.5 Å². The summed E-state index contributed by atoms with van der Waals surface area (Å²) in [6.07, 6.45) is 0.301. The van der Waals surface area contributed by atoms with Gasteiger partial charge >= 0.3 is 0 Å². The average Bonchev–Trinajstić information content (AvgIpc) is 2.25. The molecule has 3 nitrogen and oxygen atoms in total. The van der Waals surface area contributed by atoms with Gasteiger partial charge in [0.15, 0.2) is 0 Å². The summed E-state index contributed by atoms with van der Waals surface area (Å²) in [5.41, 5.74) is 6.20. The van der Waals surface area contributed by atoms with Gasteiger partial charge in [-0.15, -0.1) is 0 Å². The van der Waals surface area contributed by atoms with Crippen LogP contribution in [0, 0.1) is 0 Å². The highest BCUT2D eigenvalue weighted by Crippen LogP contribution is 2.11. The molecule has 1 rings (SSSR count). The van der Waals surface area contributed by atoms with E-state index in [0.717, 1.165) is 12.0 Å². The van der Waals surface area contributed by atoms with E-state index < -0.39 is 6.10 Å². The van der Waals surface area contributed by atoms with Crippen molar-refractivity contribution in [2.75, 3.05) is 19.8 Å². The van der Waals surface area contributed by atoms with Crippen molar-refractivity contribution in [2.24, 2.45) is 5.73 Å². The Hall–Kier alpha value is -0.900. The maximum atomic E-state index is 9.66. The minimum atomic E-state index is -0.533. The van der Waals surface area contributed by atoms with Crippen LogP contribution >= 0.6 is 0 Å². The summed E-state index contributed by atoms with van der Waals surface area (Å²) in [7, 11) is 0. The summed E-state index contributed by atoms with van der Waals surface area (Å²) >= 11 is 0. The van der Waals surface area contributed by atoms with Crippen LogP contribution in [0.3, 0.4) is 0 Å². The van der Waals surface area contributed by atoms with Crippen LogP contribution in [-0.4, -0.2) is 24.9 Å². The van der Waals surface area contributed by atoms with Gasteiger partial charge in [-0.25, -0.2) is 0 Å². The zero-order chi connectivity index (χ0) is 10.2. The van der Waals surface area contributed by atoms with Crippen molar-refractivity contribution >= 4 is 0 Å². The van der Waals surface area contributed by atoms with Crippen molar-refractivity contribution in [3.63, 3.8) is 0 Å². The molecule has 0 saturated carbocycles. The Morgan fingerprint density at radius 2 is 2.00 bits per heavy atom. The molecule has 1 aromatic carbocycles. The summed E-state index contributed by atoms with van der Waals surface area (Å²) in [5.74, 6) is 0. The Morgan fingerprint density at radius 1 is 1.29 bits per heavy atom. The maximum absolute atomic E-state index is 9.66. The summed E-state index contributed by atoms with van der Waals surface area (Å²) in [6, 6.07) is 9.50. The third-order valence-electron chi connectivity index (χ3n) is 1.95. The molecule has 3 N–H and O–H groups in total. The van der Waals surface area contributed by atoms with Crippen LogP contribution < -0.4 is 5.73 Å². The van der Waals surface area contributed by atoms with E-state index in [1.54, 1.807) is 0 Å². The van der Waals surface area contributed by atoms with Gasteiger partial charge in [0.25, 0.3) is 0 Å². The van der Waals surface area contributed by atoms with E-state index in [4.69, 9.17) is 10.5 Å². The van der Waals surface area contributed by atoms with E-state index in [1.165, 1.54) is 0 Å². The third-order valence-corrected chi connectivity index (χ3v) is 1.95. The van der Waals surface area contributed by atoms with Crippen LogP contribution in [-0.2, 0) is 4.74 Å². The average molecular weight is 195 g/mol. The molecule has 0 aromatic heterocycles. The topological polar surface area (TPSA) is 55.5 Å². The van der Waals surface area contributed by atoms with Gasteiger partial charge < -0.3 is 15.6 Å². The van der Waals surface area contributed by atoms with Gasteiger partial charge in [-0.2, -0.15) is 0 Å². The first kappa shape index (κ1) is 11.2. The van der Waals surface area contributed by atoms with E-state index in [9.17, 15) is 5.11 Å². The lowest BCUT2D eigenvalue weighted by atomic mass is 10.1. The minimum Gasteiger partial charge on any atom is -0.386 e. The van der Waals surface area contributed by atoms with Crippen molar-refractivity contribution in [1.29, 1.82) is 0 Å². The van der Waals surface area contributed by atoms with Crippen LogP contribution in [0.4, 0.5) is 0 Å². The van der Waals surface area contributed by atoms with Gasteiger partial charge in [-0.1, -0.05) is 30.3 Å². The minimum absolute atomic E-state index is 0.337. The predicted molar refractivity (Wildman–Crippen MR) is 55.9 cm³/mol. The van der Waals surface area contributed by atoms with Crippen LogP contribution in [0.15, 0.2) is 30.3 Å². The molecule has 14 heavy (non-hydrogen) atoms. The van der Waals surface area contributed by atoms with Gasteiger partial charge in [0.1, 0.15) is 6.10 Å². The number of nitrogens with two attached hydrogens (primary N) is 1. The molecule has 0 amide bonds. The smallest absolute Gasteiger partial charge is 0.102 e. The van der Waals surface area contributed by atoms with Gasteiger partial charge in [0.05, 0.1) is 6.61 Å². The monoisotopic (exact) mass is 195 g/mol. The highest BCUT2D eigenvalue weighted by molar-refractivity contribution is 5.17. The number of hydrogen-bond acceptors (Lipinski definition) is 3. The lowest BCUT2D eigenvalue weighted by Crippen LogP contribution is -2.10. The molecule has 1 aromatic rings. The second-order valence-electron chi connectivity index (χ2n) is 3.14. The lowest BCUT2D eigenvalue weighted by Gasteiger charge is -2.10. The highest BCUT2D eigenvalue weighted by atomic mass is 16.5. The summed E-state index contributed by atoms with van der Waals surface area (Å²) in [4.78, 5) is 0. The largest absolute Gasteiger partial charge is 0.386 e. The molecular weight excluding hydrogens is 178 g/mol. The van der Waals surface area contributed by atoms with Crippen LogP contribution in [0.25, 0.3) is 0 Å². The molecular formula is C11H17NO2. The molecule has 1 atom stereocenters. The Morgan fingerprint density at radius 3 is 2.64 bits per heavy atom. The molecule has 3 heteroatoms. The molecule has 0 saturated heterocycles. The number of aliphatic hydroxyl groups excluding tert-OH is 1. The normalized spacial score (nSPS) is 12.7. The van der Waals surface area contributed by atoms with Crippen molar-refractivity contribution < 1.29 is 9.84 Å². The molecule has 0 aliphatic carbocycles. The summed E-state index contributed by atoms with van der Waals surface area (Å²) < 4.78 is 5.26. The molecule has 0 radical (unpaired) electrons. The van der Waals surface area contributed by atoms with Crippen LogP contribution in [0.2, 0.25) is 0 Å². The van der Waals surface area contributed by atoms with E-state index in [2.05, 4.69) is 0 Å². The van der Waals surface area contributed by atoms with Gasteiger partial charge in [0, 0.05) is 6.61 Å². The number of rotatable bonds is 6. The van der Waals surface area contributed by atoms with E-state index >= 15 is 0 Å². The third kappa shape index (κ3) is 3.87. The van der Waals surface area contributed by atoms with Gasteiger partial charge in [-0.3, -0.25) is 0 Å². The number of benzene rings is 1. The number of ether oxygens (including phenoxy) is 1. The molecule has 0 aliphatic rings. The zero-order valence-corrected chi connectivity index (χ0v) is 8.23. The second kappa shape index (κ2) is 6.54. The van der Waals surface area contributed by atoms with Gasteiger partial charge in [-0.05, 0) is 18.5 Å². The van der Waals surface area contributed by atoms with Crippen LogP contribution in [0.5, 0.6) is 0 Å². The highest BCUT2D eigenvalue weighted by Gasteiger charge is 2.05. The van der Waals surface area contributed by atoms with Crippen LogP contribution in [0.1, 0.15) is 18.1 Å². The Kier molecular flexibility index (Phi) is 5.22. The van der Waals surface area contributed by atoms with Crippen molar-refractivity contribution in [3.05, 3.63) is 35.9 Å². The standard InChI is InChI=1S/C11H17NO2/c12-7-4-8-14-9-11(13)10-5-2-1-3-6-10/h1-3,5-6,11,13H,4,7-9,12H2. The fourth-order valence-corrected chi connectivity index (χ4v) is 1.15. The Bertz CT molecular complexity index is 238. The quantitative estimate of drug-likeness (QED) is 0.668. The molecule has 0 bridgehead atoms. The van der Waals surface area contributed by atoms with E-state index in [1.807, 2.05) is 30.3 Å². The fourth-order valence-electron chi connectivity index (χ4n) is 1.15. The summed E-state index contributed by atoms with van der Waals surface area (Å²) in [5, 5.41) is 9.66. The van der Waals surface area contributed by atoms with Gasteiger partial charge in [0.2, 0.25) is 0 Å². The Labute approximate surface area is 84.5 Å². The maximum Gasteiger partial charge on any atom is 0.102 e. The van der Waals surface area contributed by atoms with E-state index in [0.29, 0.717) is 19.8 Å². The van der Waals surface area contributed by atoms with Crippen molar-refractivity contribution in [1.82, 2.24) is 0 Å². The van der Waals surface area contributed by atoms with E-state index in [-0.39, 0.29) is 0 Å². The molecule has 0 aliphatic heterocycles. The molecule has 0 heterocycles. The molecule has 0 spiro atoms. The number of hydrogen-bond donors (Lipinski definition) is 2. The first-order valence-corrected chi connectivity index (χ1v) is 4.85.